The van der Waals surface area contributed by atoms with Crippen LogP contribution in [-0.4, -0.2) is 30.2 Å². The molecule has 0 spiro atoms. The monoisotopic (exact) mass is 282 g/mol. The van der Waals surface area contributed by atoms with Crippen LogP contribution in [0.2, 0.25) is 0 Å². The molecule has 0 radical (unpaired) electrons. The second kappa shape index (κ2) is 6.02. The Kier molecular flexibility index (Phi) is 4.55. The van der Waals surface area contributed by atoms with Crippen LogP contribution in [0, 0.1) is 11.8 Å². The molecule has 2 atom stereocenters. The zero-order valence-corrected chi connectivity index (χ0v) is 12.7. The van der Waals surface area contributed by atoms with Crippen molar-refractivity contribution in [2.24, 2.45) is 11.8 Å². The highest BCUT2D eigenvalue weighted by atomic mass is 16.6. The largest absolute Gasteiger partial charge is 0.444 e. The summed E-state index contributed by atoms with van der Waals surface area (Å²) in [5, 5.41) is 5.95. The van der Waals surface area contributed by atoms with E-state index < -0.39 is 5.60 Å². The first-order valence-corrected chi connectivity index (χ1v) is 7.62. The SMILES string of the molecule is CC(C)(C)OC(=O)NC[C@@H]1CCC[C@@H]1NC(=O)C1CC1. The molecule has 0 aromatic heterocycles. The van der Waals surface area contributed by atoms with Gasteiger partial charge in [-0.25, -0.2) is 4.79 Å². The van der Waals surface area contributed by atoms with E-state index in [0.29, 0.717) is 12.5 Å². The Balaban J connectivity index is 1.73. The van der Waals surface area contributed by atoms with Gasteiger partial charge in [-0.3, -0.25) is 4.79 Å². The normalized spacial score (nSPS) is 26.1. The van der Waals surface area contributed by atoms with Crippen LogP contribution in [0.1, 0.15) is 52.9 Å². The third-order valence-electron chi connectivity index (χ3n) is 3.84. The Bertz CT molecular complexity index is 372. The molecule has 2 fully saturated rings. The number of hydrogen-bond donors (Lipinski definition) is 2. The van der Waals surface area contributed by atoms with Gasteiger partial charge in [-0.2, -0.15) is 0 Å². The number of rotatable bonds is 4. The fourth-order valence-electron chi connectivity index (χ4n) is 2.65. The predicted molar refractivity (Wildman–Crippen MR) is 76.2 cm³/mol. The maximum atomic E-state index is 11.8. The summed E-state index contributed by atoms with van der Waals surface area (Å²) in [5.41, 5.74) is -0.473. The molecule has 2 saturated carbocycles. The number of amides is 2. The molecule has 114 valence electrons. The Hall–Kier alpha value is -1.26. The minimum Gasteiger partial charge on any atom is -0.444 e. The van der Waals surface area contributed by atoms with Gasteiger partial charge in [0.2, 0.25) is 5.91 Å². The van der Waals surface area contributed by atoms with E-state index >= 15 is 0 Å². The molecule has 0 aliphatic heterocycles. The lowest BCUT2D eigenvalue weighted by Gasteiger charge is -2.23. The Morgan fingerprint density at radius 3 is 2.45 bits per heavy atom. The van der Waals surface area contributed by atoms with Crippen LogP contribution >= 0.6 is 0 Å². The molecule has 2 amide bonds. The second-order valence-corrected chi connectivity index (χ2v) is 6.96. The van der Waals surface area contributed by atoms with E-state index in [-0.39, 0.29) is 24.0 Å². The van der Waals surface area contributed by atoms with Crippen LogP contribution in [0.4, 0.5) is 4.79 Å². The lowest BCUT2D eigenvalue weighted by Crippen LogP contribution is -2.43. The standard InChI is InChI=1S/C15H26N2O3/c1-15(2,3)20-14(19)16-9-11-5-4-6-12(11)17-13(18)10-7-8-10/h10-12H,4-9H2,1-3H3,(H,16,19)(H,17,18)/t11-,12-/m0/s1. The minimum absolute atomic E-state index is 0.194. The average Bonchev–Trinajstić information content (AvgIpc) is 3.07. The Labute approximate surface area is 120 Å². The zero-order valence-electron chi connectivity index (χ0n) is 12.7. The molecular weight excluding hydrogens is 256 g/mol. The highest BCUT2D eigenvalue weighted by Gasteiger charge is 2.34. The Morgan fingerprint density at radius 1 is 1.15 bits per heavy atom. The molecule has 0 aromatic carbocycles. The first kappa shape index (κ1) is 15.1. The topological polar surface area (TPSA) is 67.4 Å². The summed E-state index contributed by atoms with van der Waals surface area (Å²) < 4.78 is 5.22. The molecule has 2 N–H and O–H groups in total. The van der Waals surface area contributed by atoms with Gasteiger partial charge >= 0.3 is 6.09 Å². The van der Waals surface area contributed by atoms with E-state index in [2.05, 4.69) is 10.6 Å². The summed E-state index contributed by atoms with van der Waals surface area (Å²) in [4.78, 5) is 23.5. The third kappa shape index (κ3) is 4.69. The van der Waals surface area contributed by atoms with Crippen molar-refractivity contribution in [1.29, 1.82) is 0 Å². The highest BCUT2D eigenvalue weighted by Crippen LogP contribution is 2.31. The molecule has 0 aromatic rings. The molecule has 20 heavy (non-hydrogen) atoms. The summed E-state index contributed by atoms with van der Waals surface area (Å²) in [5.74, 6) is 0.763. The van der Waals surface area contributed by atoms with Crippen LogP contribution in [0.15, 0.2) is 0 Å². The highest BCUT2D eigenvalue weighted by molar-refractivity contribution is 5.81. The molecule has 2 rings (SSSR count). The van der Waals surface area contributed by atoms with Crippen molar-refractivity contribution in [3.8, 4) is 0 Å². The number of carbonyl (C=O) groups excluding carboxylic acids is 2. The summed E-state index contributed by atoms with van der Waals surface area (Å²) >= 11 is 0. The molecule has 2 aliphatic rings. The number of nitrogens with one attached hydrogen (secondary N) is 2. The van der Waals surface area contributed by atoms with Crippen molar-refractivity contribution in [2.45, 2.75) is 64.5 Å². The van der Waals surface area contributed by atoms with Crippen molar-refractivity contribution in [1.82, 2.24) is 10.6 Å². The van der Waals surface area contributed by atoms with Gasteiger partial charge < -0.3 is 15.4 Å². The first-order valence-electron chi connectivity index (χ1n) is 7.62. The smallest absolute Gasteiger partial charge is 0.407 e. The van der Waals surface area contributed by atoms with Crippen molar-refractivity contribution >= 4 is 12.0 Å². The van der Waals surface area contributed by atoms with E-state index in [0.717, 1.165) is 32.1 Å². The fourth-order valence-corrected chi connectivity index (χ4v) is 2.65. The lowest BCUT2D eigenvalue weighted by atomic mass is 10.0. The predicted octanol–water partition coefficient (Wildman–Crippen LogP) is 2.21. The van der Waals surface area contributed by atoms with Gasteiger partial charge in [0.1, 0.15) is 5.60 Å². The zero-order chi connectivity index (χ0) is 14.8. The molecule has 0 unspecified atom stereocenters. The number of hydrogen-bond acceptors (Lipinski definition) is 3. The van der Waals surface area contributed by atoms with Crippen LogP contribution in [0.25, 0.3) is 0 Å². The molecule has 5 nitrogen and oxygen atoms in total. The van der Waals surface area contributed by atoms with Gasteiger partial charge in [0.15, 0.2) is 0 Å². The summed E-state index contributed by atoms with van der Waals surface area (Å²) in [6.45, 7) is 6.12. The quantitative estimate of drug-likeness (QED) is 0.830. The maximum Gasteiger partial charge on any atom is 0.407 e. The van der Waals surface area contributed by atoms with Gasteiger partial charge in [0, 0.05) is 18.5 Å². The second-order valence-electron chi connectivity index (χ2n) is 6.96. The number of alkyl carbamates (subject to hydrolysis) is 1. The van der Waals surface area contributed by atoms with E-state index in [4.69, 9.17) is 4.74 Å². The first-order chi connectivity index (χ1) is 9.35. The van der Waals surface area contributed by atoms with Gasteiger partial charge in [0.25, 0.3) is 0 Å². The van der Waals surface area contributed by atoms with E-state index in [9.17, 15) is 9.59 Å². The van der Waals surface area contributed by atoms with Gasteiger partial charge in [0.05, 0.1) is 0 Å². The number of carbonyl (C=O) groups is 2. The molecule has 0 heterocycles. The maximum absolute atomic E-state index is 11.8. The van der Waals surface area contributed by atoms with Crippen molar-refractivity contribution in [3.05, 3.63) is 0 Å². The molecule has 2 aliphatic carbocycles. The number of ether oxygens (including phenoxy) is 1. The molecule has 5 heteroatoms. The molecular formula is C15H26N2O3. The van der Waals surface area contributed by atoms with Crippen molar-refractivity contribution in [3.63, 3.8) is 0 Å². The van der Waals surface area contributed by atoms with Gasteiger partial charge in [-0.15, -0.1) is 0 Å². The summed E-state index contributed by atoms with van der Waals surface area (Å²) in [6, 6.07) is 0.207. The fraction of sp³-hybridized carbons (Fsp3) is 0.867. The minimum atomic E-state index is -0.473. The van der Waals surface area contributed by atoms with E-state index in [1.165, 1.54) is 0 Å². The van der Waals surface area contributed by atoms with Crippen LogP contribution in [-0.2, 0) is 9.53 Å². The lowest BCUT2D eigenvalue weighted by molar-refractivity contribution is -0.123. The van der Waals surface area contributed by atoms with E-state index in [1.54, 1.807) is 0 Å². The van der Waals surface area contributed by atoms with E-state index in [1.807, 2.05) is 20.8 Å². The Morgan fingerprint density at radius 2 is 1.85 bits per heavy atom. The molecule has 0 saturated heterocycles. The molecule has 0 bridgehead atoms. The van der Waals surface area contributed by atoms with Crippen LogP contribution < -0.4 is 10.6 Å². The van der Waals surface area contributed by atoms with Crippen LogP contribution in [0.5, 0.6) is 0 Å². The summed E-state index contributed by atoms with van der Waals surface area (Å²) in [6.07, 6.45) is 4.84. The summed E-state index contributed by atoms with van der Waals surface area (Å²) in [7, 11) is 0. The third-order valence-corrected chi connectivity index (χ3v) is 3.84. The van der Waals surface area contributed by atoms with Crippen LogP contribution in [0.3, 0.4) is 0 Å². The van der Waals surface area contributed by atoms with Gasteiger partial charge in [-0.05, 0) is 52.4 Å². The van der Waals surface area contributed by atoms with Crippen molar-refractivity contribution < 1.29 is 14.3 Å². The van der Waals surface area contributed by atoms with Crippen molar-refractivity contribution in [2.75, 3.05) is 6.54 Å². The average molecular weight is 282 g/mol. The van der Waals surface area contributed by atoms with Gasteiger partial charge in [-0.1, -0.05) is 6.42 Å².